The zero-order valence-electron chi connectivity index (χ0n) is 17.0. The normalized spacial score (nSPS) is 11.4. The third-order valence-corrected chi connectivity index (χ3v) is 6.16. The van der Waals surface area contributed by atoms with Gasteiger partial charge in [-0.15, -0.1) is 0 Å². The van der Waals surface area contributed by atoms with Crippen LogP contribution >= 0.6 is 0 Å². The van der Waals surface area contributed by atoms with Gasteiger partial charge >= 0.3 is 5.97 Å². The SMILES string of the molecule is CCOC(=O)c1c(C)[nH]c(C)c1S(=O)(=O)N(C)CC(=O)Nc1cccc(OC)c1. The Morgan fingerprint density at radius 1 is 1.21 bits per heavy atom. The maximum Gasteiger partial charge on any atom is 0.341 e. The summed E-state index contributed by atoms with van der Waals surface area (Å²) in [6.45, 7) is 4.45. The summed E-state index contributed by atoms with van der Waals surface area (Å²) in [6.07, 6.45) is 0. The molecule has 0 spiro atoms. The van der Waals surface area contributed by atoms with Crippen LogP contribution in [0.2, 0.25) is 0 Å². The van der Waals surface area contributed by atoms with Gasteiger partial charge in [-0.2, -0.15) is 4.31 Å². The number of hydrogen-bond acceptors (Lipinski definition) is 6. The fourth-order valence-corrected chi connectivity index (χ4v) is 4.41. The standard InChI is InChI=1S/C19H25N3O6S/c1-6-28-19(24)17-12(2)20-13(3)18(17)29(25,26)22(4)11-16(23)21-14-8-7-9-15(10-14)27-5/h7-10,20H,6,11H2,1-5H3,(H,21,23). The van der Waals surface area contributed by atoms with Crippen LogP contribution in [0, 0.1) is 13.8 Å². The first kappa shape index (κ1) is 22.4. The van der Waals surface area contributed by atoms with Crippen LogP contribution in [-0.2, 0) is 19.6 Å². The molecule has 0 fully saturated rings. The first-order valence-electron chi connectivity index (χ1n) is 8.88. The van der Waals surface area contributed by atoms with E-state index in [0.29, 0.717) is 22.8 Å². The summed E-state index contributed by atoms with van der Waals surface area (Å²) in [5.41, 5.74) is 1.10. The zero-order chi connectivity index (χ0) is 21.8. The molecule has 0 saturated heterocycles. The van der Waals surface area contributed by atoms with Gasteiger partial charge in [0.05, 0.1) is 20.3 Å². The average Bonchev–Trinajstić information content (AvgIpc) is 2.96. The number of aromatic nitrogens is 1. The predicted molar refractivity (Wildman–Crippen MR) is 108 cm³/mol. The van der Waals surface area contributed by atoms with E-state index in [9.17, 15) is 18.0 Å². The third kappa shape index (κ3) is 4.96. The van der Waals surface area contributed by atoms with Crippen molar-refractivity contribution in [3.05, 3.63) is 41.2 Å². The van der Waals surface area contributed by atoms with Crippen LogP contribution < -0.4 is 10.1 Å². The summed E-state index contributed by atoms with van der Waals surface area (Å²) >= 11 is 0. The van der Waals surface area contributed by atoms with Crippen molar-refractivity contribution in [1.29, 1.82) is 0 Å². The van der Waals surface area contributed by atoms with Crippen molar-refractivity contribution in [3.8, 4) is 5.75 Å². The topological polar surface area (TPSA) is 118 Å². The second-order valence-electron chi connectivity index (χ2n) is 6.34. The van der Waals surface area contributed by atoms with Gasteiger partial charge in [0, 0.05) is 30.2 Å². The van der Waals surface area contributed by atoms with Gasteiger partial charge in [0.15, 0.2) is 0 Å². The number of likely N-dealkylation sites (N-methyl/N-ethyl adjacent to an activating group) is 1. The Balaban J connectivity index is 2.25. The number of ether oxygens (including phenoxy) is 2. The van der Waals surface area contributed by atoms with Crippen LogP contribution in [0.5, 0.6) is 5.75 Å². The molecule has 0 atom stereocenters. The smallest absolute Gasteiger partial charge is 0.341 e. The van der Waals surface area contributed by atoms with E-state index in [-0.39, 0.29) is 17.1 Å². The molecule has 2 N–H and O–H groups in total. The highest BCUT2D eigenvalue weighted by atomic mass is 32.2. The molecule has 0 saturated carbocycles. The van der Waals surface area contributed by atoms with Crippen LogP contribution in [0.1, 0.15) is 28.7 Å². The van der Waals surface area contributed by atoms with Crippen molar-refractivity contribution in [2.45, 2.75) is 25.7 Å². The number of nitrogens with one attached hydrogen (secondary N) is 2. The van der Waals surface area contributed by atoms with Crippen molar-refractivity contribution in [2.24, 2.45) is 0 Å². The maximum atomic E-state index is 13.1. The molecule has 29 heavy (non-hydrogen) atoms. The first-order valence-corrected chi connectivity index (χ1v) is 10.3. The van der Waals surface area contributed by atoms with Gasteiger partial charge < -0.3 is 19.8 Å². The number of benzene rings is 1. The minimum absolute atomic E-state index is 0.0515. The quantitative estimate of drug-likeness (QED) is 0.628. The number of aromatic amines is 1. The van der Waals surface area contributed by atoms with E-state index in [1.807, 2.05) is 0 Å². The van der Waals surface area contributed by atoms with Crippen LogP contribution in [-0.4, -0.2) is 56.9 Å². The van der Waals surface area contributed by atoms with E-state index in [2.05, 4.69) is 10.3 Å². The molecule has 1 aromatic heterocycles. The molecule has 0 bridgehead atoms. The molecule has 0 unspecified atom stereocenters. The fourth-order valence-electron chi connectivity index (χ4n) is 2.87. The highest BCUT2D eigenvalue weighted by Gasteiger charge is 2.33. The summed E-state index contributed by atoms with van der Waals surface area (Å²) in [5.74, 6) is -0.713. The highest BCUT2D eigenvalue weighted by molar-refractivity contribution is 7.89. The zero-order valence-corrected chi connectivity index (χ0v) is 17.8. The van der Waals surface area contributed by atoms with E-state index in [0.717, 1.165) is 4.31 Å². The summed E-state index contributed by atoms with van der Waals surface area (Å²) < 4.78 is 37.1. The number of methoxy groups -OCH3 is 1. The lowest BCUT2D eigenvalue weighted by Gasteiger charge is -2.18. The van der Waals surface area contributed by atoms with E-state index in [1.165, 1.54) is 14.2 Å². The molecule has 1 amide bonds. The average molecular weight is 423 g/mol. The van der Waals surface area contributed by atoms with Crippen molar-refractivity contribution < 1.29 is 27.5 Å². The van der Waals surface area contributed by atoms with Gasteiger partial charge in [0.1, 0.15) is 16.2 Å². The maximum absolute atomic E-state index is 13.1. The van der Waals surface area contributed by atoms with Crippen molar-refractivity contribution >= 4 is 27.6 Å². The minimum atomic E-state index is -4.13. The number of sulfonamides is 1. The number of nitrogens with zero attached hydrogens (tertiary/aromatic N) is 1. The molecular formula is C19H25N3O6S. The van der Waals surface area contributed by atoms with Gasteiger partial charge in [0.25, 0.3) is 0 Å². The second kappa shape index (κ2) is 9.10. The summed E-state index contributed by atoms with van der Waals surface area (Å²) in [5, 5.41) is 2.62. The fraction of sp³-hybridized carbons (Fsp3) is 0.368. The Morgan fingerprint density at radius 3 is 2.52 bits per heavy atom. The Bertz CT molecular complexity index is 1010. The van der Waals surface area contributed by atoms with Gasteiger partial charge in [-0.05, 0) is 32.9 Å². The molecule has 10 heteroatoms. The number of anilines is 1. The second-order valence-corrected chi connectivity index (χ2v) is 8.32. The van der Waals surface area contributed by atoms with Crippen LogP contribution in [0.25, 0.3) is 0 Å². The molecule has 2 rings (SSSR count). The van der Waals surface area contributed by atoms with Crippen LogP contribution in [0.4, 0.5) is 5.69 Å². The molecule has 1 aromatic carbocycles. The van der Waals surface area contributed by atoms with Gasteiger partial charge in [-0.1, -0.05) is 6.07 Å². The van der Waals surface area contributed by atoms with E-state index in [4.69, 9.17) is 9.47 Å². The minimum Gasteiger partial charge on any atom is -0.497 e. The molecule has 9 nitrogen and oxygen atoms in total. The predicted octanol–water partition coefficient (Wildman–Crippen LogP) is 2.08. The molecule has 0 radical (unpaired) electrons. The van der Waals surface area contributed by atoms with Gasteiger partial charge in [-0.3, -0.25) is 4.79 Å². The number of carbonyl (C=O) groups excluding carboxylic acids is 2. The van der Waals surface area contributed by atoms with E-state index in [1.54, 1.807) is 45.0 Å². The number of carbonyl (C=O) groups is 2. The highest BCUT2D eigenvalue weighted by Crippen LogP contribution is 2.27. The lowest BCUT2D eigenvalue weighted by Crippen LogP contribution is -2.35. The van der Waals surface area contributed by atoms with Crippen LogP contribution in [0.3, 0.4) is 0 Å². The molecule has 0 aliphatic carbocycles. The molecule has 158 valence electrons. The molecule has 0 aliphatic rings. The Labute approximate surface area is 170 Å². The Morgan fingerprint density at radius 2 is 1.90 bits per heavy atom. The Hall–Kier alpha value is -2.85. The number of amides is 1. The first-order chi connectivity index (χ1) is 13.6. The summed E-state index contributed by atoms with van der Waals surface area (Å²) in [7, 11) is -1.35. The van der Waals surface area contributed by atoms with Crippen molar-refractivity contribution in [3.63, 3.8) is 0 Å². The monoisotopic (exact) mass is 423 g/mol. The van der Waals surface area contributed by atoms with Crippen molar-refractivity contribution in [1.82, 2.24) is 9.29 Å². The Kier molecular flexibility index (Phi) is 7.04. The number of H-pyrrole nitrogens is 1. The number of hydrogen-bond donors (Lipinski definition) is 2. The summed E-state index contributed by atoms with van der Waals surface area (Å²) in [6, 6.07) is 6.70. The molecule has 1 heterocycles. The van der Waals surface area contributed by atoms with Gasteiger partial charge in [-0.25, -0.2) is 13.2 Å². The molecule has 2 aromatic rings. The van der Waals surface area contributed by atoms with E-state index < -0.39 is 28.4 Å². The largest absolute Gasteiger partial charge is 0.497 e. The lowest BCUT2D eigenvalue weighted by atomic mass is 10.2. The molecular weight excluding hydrogens is 398 g/mol. The number of rotatable bonds is 8. The van der Waals surface area contributed by atoms with Gasteiger partial charge in [0.2, 0.25) is 15.9 Å². The van der Waals surface area contributed by atoms with E-state index >= 15 is 0 Å². The van der Waals surface area contributed by atoms with Crippen LogP contribution in [0.15, 0.2) is 29.2 Å². The van der Waals surface area contributed by atoms with Crippen molar-refractivity contribution in [2.75, 3.05) is 32.6 Å². The number of aryl methyl sites for hydroxylation is 2. The lowest BCUT2D eigenvalue weighted by molar-refractivity contribution is -0.116. The third-order valence-electron chi connectivity index (χ3n) is 4.19. The summed E-state index contributed by atoms with van der Waals surface area (Å²) in [4.78, 5) is 27.3. The molecule has 0 aliphatic heterocycles. The number of esters is 1.